The van der Waals surface area contributed by atoms with Gasteiger partial charge in [-0.15, -0.1) is 0 Å². The van der Waals surface area contributed by atoms with Gasteiger partial charge in [-0.05, 0) is 25.5 Å². The lowest BCUT2D eigenvalue weighted by atomic mass is 10.1. The summed E-state index contributed by atoms with van der Waals surface area (Å²) in [5.74, 6) is -0.0331. The van der Waals surface area contributed by atoms with Gasteiger partial charge in [-0.25, -0.2) is 4.98 Å². The minimum atomic E-state index is -4.27. The number of hydrogen-bond donors (Lipinski definition) is 0. The Kier molecular flexibility index (Phi) is 3.94. The molecule has 17 heavy (non-hydrogen) atoms. The molecular weight excluding hydrogens is 233 g/mol. The molecular formula is C11H11F3N2O. The smallest absolute Gasteiger partial charge is 0.392 e. The van der Waals surface area contributed by atoms with Gasteiger partial charge in [-0.2, -0.15) is 18.4 Å². The molecule has 3 nitrogen and oxygen atoms in total. The molecule has 1 aromatic heterocycles. The predicted molar refractivity (Wildman–Crippen MR) is 54.6 cm³/mol. The molecule has 0 fully saturated rings. The number of rotatable bonds is 3. The predicted octanol–water partition coefficient (Wildman–Crippen LogP) is 2.90. The maximum Gasteiger partial charge on any atom is 0.392 e. The zero-order chi connectivity index (χ0) is 13.1. The standard InChI is InChI=1S/C11H11F3N2O/c1-7-5-8(2)16-10(9(7)6-15)17-4-3-11(12,13)14/h5H,3-4H2,1-2H3. The van der Waals surface area contributed by atoms with Crippen LogP contribution in [-0.4, -0.2) is 17.8 Å². The zero-order valence-electron chi connectivity index (χ0n) is 9.43. The molecule has 0 amide bonds. The molecule has 0 aliphatic carbocycles. The van der Waals surface area contributed by atoms with E-state index in [1.165, 1.54) is 0 Å². The summed E-state index contributed by atoms with van der Waals surface area (Å²) in [6.45, 7) is 2.84. The molecule has 0 aromatic carbocycles. The number of nitrogens with zero attached hydrogens (tertiary/aromatic N) is 2. The number of alkyl halides is 3. The summed E-state index contributed by atoms with van der Waals surface area (Å²) in [6.07, 6.45) is -5.34. The summed E-state index contributed by atoms with van der Waals surface area (Å²) in [5, 5.41) is 8.86. The minimum absolute atomic E-state index is 0.0331. The summed E-state index contributed by atoms with van der Waals surface area (Å²) in [6, 6.07) is 3.55. The van der Waals surface area contributed by atoms with E-state index in [1.807, 2.05) is 6.07 Å². The Bertz CT molecular complexity index is 449. The van der Waals surface area contributed by atoms with Crippen molar-refractivity contribution in [3.05, 3.63) is 22.9 Å². The molecule has 0 aliphatic heterocycles. The molecule has 0 aliphatic rings. The monoisotopic (exact) mass is 244 g/mol. The minimum Gasteiger partial charge on any atom is -0.476 e. The third kappa shape index (κ3) is 3.94. The van der Waals surface area contributed by atoms with Crippen LogP contribution in [0.25, 0.3) is 0 Å². The van der Waals surface area contributed by atoms with E-state index in [9.17, 15) is 13.2 Å². The first kappa shape index (κ1) is 13.3. The van der Waals surface area contributed by atoms with Gasteiger partial charge >= 0.3 is 6.18 Å². The Balaban J connectivity index is 2.81. The van der Waals surface area contributed by atoms with Crippen LogP contribution in [0.15, 0.2) is 6.07 Å². The SMILES string of the molecule is Cc1cc(C)c(C#N)c(OCCC(F)(F)F)n1. The van der Waals surface area contributed by atoms with Crippen molar-refractivity contribution in [3.8, 4) is 11.9 Å². The number of pyridine rings is 1. The molecule has 0 radical (unpaired) electrons. The Morgan fingerprint density at radius 2 is 2.06 bits per heavy atom. The van der Waals surface area contributed by atoms with Crippen molar-refractivity contribution in [2.75, 3.05) is 6.61 Å². The first-order chi connectivity index (χ1) is 7.83. The molecule has 1 rings (SSSR count). The van der Waals surface area contributed by atoms with E-state index in [2.05, 4.69) is 4.98 Å². The van der Waals surface area contributed by atoms with Crippen molar-refractivity contribution in [1.82, 2.24) is 4.98 Å². The molecule has 0 saturated heterocycles. The van der Waals surface area contributed by atoms with Crippen LogP contribution >= 0.6 is 0 Å². The summed E-state index contributed by atoms with van der Waals surface area (Å²) in [4.78, 5) is 3.91. The number of aromatic nitrogens is 1. The van der Waals surface area contributed by atoms with E-state index in [4.69, 9.17) is 10.00 Å². The maximum atomic E-state index is 11.9. The van der Waals surface area contributed by atoms with E-state index >= 15 is 0 Å². The van der Waals surface area contributed by atoms with E-state index in [0.717, 1.165) is 0 Å². The van der Waals surface area contributed by atoms with Gasteiger partial charge in [-0.3, -0.25) is 0 Å². The Morgan fingerprint density at radius 3 is 2.59 bits per heavy atom. The number of ether oxygens (including phenoxy) is 1. The van der Waals surface area contributed by atoms with Crippen molar-refractivity contribution < 1.29 is 17.9 Å². The zero-order valence-corrected chi connectivity index (χ0v) is 9.43. The quantitative estimate of drug-likeness (QED) is 0.821. The van der Waals surface area contributed by atoms with E-state index in [0.29, 0.717) is 11.3 Å². The highest BCUT2D eigenvalue weighted by Crippen LogP contribution is 2.23. The summed E-state index contributed by atoms with van der Waals surface area (Å²) < 4.78 is 40.7. The van der Waals surface area contributed by atoms with Crippen molar-refractivity contribution in [2.45, 2.75) is 26.4 Å². The highest BCUT2D eigenvalue weighted by molar-refractivity contribution is 5.45. The summed E-state index contributed by atoms with van der Waals surface area (Å²) in [5.41, 5.74) is 1.42. The van der Waals surface area contributed by atoms with Crippen LogP contribution in [0.3, 0.4) is 0 Å². The van der Waals surface area contributed by atoms with Gasteiger partial charge in [0, 0.05) is 5.69 Å². The lowest BCUT2D eigenvalue weighted by Gasteiger charge is -2.10. The van der Waals surface area contributed by atoms with Gasteiger partial charge in [-0.1, -0.05) is 0 Å². The molecule has 0 saturated carbocycles. The topological polar surface area (TPSA) is 45.9 Å². The number of nitriles is 1. The maximum absolute atomic E-state index is 11.9. The van der Waals surface area contributed by atoms with Crippen molar-refractivity contribution in [1.29, 1.82) is 5.26 Å². The van der Waals surface area contributed by atoms with E-state index < -0.39 is 19.2 Å². The second kappa shape index (κ2) is 5.04. The molecule has 0 unspecified atom stereocenters. The Hall–Kier alpha value is -1.77. The average molecular weight is 244 g/mol. The second-order valence-corrected chi connectivity index (χ2v) is 3.59. The van der Waals surface area contributed by atoms with Crippen molar-refractivity contribution in [2.24, 2.45) is 0 Å². The highest BCUT2D eigenvalue weighted by atomic mass is 19.4. The van der Waals surface area contributed by atoms with Crippen molar-refractivity contribution >= 4 is 0 Å². The van der Waals surface area contributed by atoms with Gasteiger partial charge in [0.15, 0.2) is 0 Å². The first-order valence-electron chi connectivity index (χ1n) is 4.91. The third-order valence-corrected chi connectivity index (χ3v) is 2.05. The van der Waals surface area contributed by atoms with Gasteiger partial charge in [0.2, 0.25) is 5.88 Å². The van der Waals surface area contributed by atoms with E-state index in [-0.39, 0.29) is 11.4 Å². The number of hydrogen-bond acceptors (Lipinski definition) is 3. The van der Waals surface area contributed by atoms with Crippen LogP contribution in [-0.2, 0) is 0 Å². The van der Waals surface area contributed by atoms with Crippen LogP contribution in [0.1, 0.15) is 23.2 Å². The second-order valence-electron chi connectivity index (χ2n) is 3.59. The lowest BCUT2D eigenvalue weighted by molar-refractivity contribution is -0.139. The van der Waals surface area contributed by atoms with E-state index in [1.54, 1.807) is 19.9 Å². The van der Waals surface area contributed by atoms with Gasteiger partial charge in [0.25, 0.3) is 0 Å². The van der Waals surface area contributed by atoms with Crippen molar-refractivity contribution in [3.63, 3.8) is 0 Å². The Labute approximate surface area is 96.8 Å². The molecule has 6 heteroatoms. The number of halogens is 3. The highest BCUT2D eigenvalue weighted by Gasteiger charge is 2.27. The fourth-order valence-corrected chi connectivity index (χ4v) is 1.31. The van der Waals surface area contributed by atoms with Gasteiger partial charge in [0.05, 0.1) is 13.0 Å². The molecule has 0 spiro atoms. The number of aryl methyl sites for hydroxylation is 2. The van der Waals surface area contributed by atoms with Crippen LogP contribution in [0, 0.1) is 25.2 Å². The molecule has 0 N–H and O–H groups in total. The summed E-state index contributed by atoms with van der Waals surface area (Å²) in [7, 11) is 0. The van der Waals surface area contributed by atoms with Crippen LogP contribution < -0.4 is 4.74 Å². The van der Waals surface area contributed by atoms with Gasteiger partial charge in [0.1, 0.15) is 11.6 Å². The normalized spacial score (nSPS) is 11.1. The third-order valence-electron chi connectivity index (χ3n) is 2.05. The first-order valence-corrected chi connectivity index (χ1v) is 4.91. The largest absolute Gasteiger partial charge is 0.476 e. The fourth-order valence-electron chi connectivity index (χ4n) is 1.31. The molecule has 1 aromatic rings. The molecule has 0 bridgehead atoms. The van der Waals surface area contributed by atoms with Crippen LogP contribution in [0.2, 0.25) is 0 Å². The fraction of sp³-hybridized carbons (Fsp3) is 0.455. The molecule has 1 heterocycles. The lowest BCUT2D eigenvalue weighted by Crippen LogP contribution is -2.14. The molecule has 92 valence electrons. The molecule has 0 atom stereocenters. The van der Waals surface area contributed by atoms with Gasteiger partial charge < -0.3 is 4.74 Å². The Morgan fingerprint density at radius 1 is 1.41 bits per heavy atom. The van der Waals surface area contributed by atoms with Crippen LogP contribution in [0.5, 0.6) is 5.88 Å². The van der Waals surface area contributed by atoms with Crippen LogP contribution in [0.4, 0.5) is 13.2 Å². The average Bonchev–Trinajstić information content (AvgIpc) is 2.14. The summed E-state index contributed by atoms with van der Waals surface area (Å²) >= 11 is 0.